The van der Waals surface area contributed by atoms with E-state index in [0.717, 1.165) is 19.5 Å². The molecule has 0 spiro atoms. The summed E-state index contributed by atoms with van der Waals surface area (Å²) in [6.07, 6.45) is 3.71. The SMILES string of the molecule is CC(=O)NC1CCN(CC(O)Cn2cc(N)cn2)C1. The Bertz CT molecular complexity index is 434. The Morgan fingerprint density at radius 3 is 3.11 bits per heavy atom. The predicted molar refractivity (Wildman–Crippen MR) is 71.3 cm³/mol. The Morgan fingerprint density at radius 1 is 1.68 bits per heavy atom. The lowest BCUT2D eigenvalue weighted by molar-refractivity contribution is -0.119. The number of aliphatic hydroxyl groups excluding tert-OH is 1. The Labute approximate surface area is 112 Å². The fourth-order valence-electron chi connectivity index (χ4n) is 2.45. The lowest BCUT2D eigenvalue weighted by Crippen LogP contribution is -2.38. The highest BCUT2D eigenvalue weighted by Gasteiger charge is 2.24. The Kier molecular flexibility index (Phi) is 4.39. The van der Waals surface area contributed by atoms with Gasteiger partial charge in [-0.25, -0.2) is 0 Å². The van der Waals surface area contributed by atoms with E-state index in [1.165, 1.54) is 6.92 Å². The fourth-order valence-corrected chi connectivity index (χ4v) is 2.45. The Hall–Kier alpha value is -1.60. The number of nitrogen functional groups attached to an aromatic ring is 1. The summed E-state index contributed by atoms with van der Waals surface area (Å²) in [7, 11) is 0. The topological polar surface area (TPSA) is 96.4 Å². The lowest BCUT2D eigenvalue weighted by atomic mass is 10.2. The van der Waals surface area contributed by atoms with Crippen molar-refractivity contribution in [3.8, 4) is 0 Å². The van der Waals surface area contributed by atoms with Crippen molar-refractivity contribution in [2.24, 2.45) is 0 Å². The maximum absolute atomic E-state index is 11.0. The van der Waals surface area contributed by atoms with E-state index in [9.17, 15) is 9.90 Å². The number of hydrogen-bond acceptors (Lipinski definition) is 5. The largest absolute Gasteiger partial charge is 0.396 e. The van der Waals surface area contributed by atoms with E-state index in [0.29, 0.717) is 18.8 Å². The summed E-state index contributed by atoms with van der Waals surface area (Å²) in [4.78, 5) is 13.1. The van der Waals surface area contributed by atoms with Gasteiger partial charge in [-0.15, -0.1) is 0 Å². The van der Waals surface area contributed by atoms with Gasteiger partial charge in [-0.3, -0.25) is 14.4 Å². The quantitative estimate of drug-likeness (QED) is 0.638. The molecule has 0 radical (unpaired) electrons. The van der Waals surface area contributed by atoms with Gasteiger partial charge in [-0.05, 0) is 6.42 Å². The van der Waals surface area contributed by atoms with Gasteiger partial charge < -0.3 is 16.2 Å². The van der Waals surface area contributed by atoms with Crippen LogP contribution in [0.15, 0.2) is 12.4 Å². The van der Waals surface area contributed by atoms with Crippen LogP contribution >= 0.6 is 0 Å². The Morgan fingerprint density at radius 2 is 2.47 bits per heavy atom. The number of nitrogens with two attached hydrogens (primary N) is 1. The zero-order valence-corrected chi connectivity index (χ0v) is 11.1. The van der Waals surface area contributed by atoms with Crippen LogP contribution in [-0.2, 0) is 11.3 Å². The minimum Gasteiger partial charge on any atom is -0.396 e. The van der Waals surface area contributed by atoms with Crippen molar-refractivity contribution in [1.29, 1.82) is 0 Å². The second-order valence-electron chi connectivity index (χ2n) is 5.10. The van der Waals surface area contributed by atoms with E-state index < -0.39 is 6.10 Å². The standard InChI is InChI=1S/C12H21N5O2/c1-9(18)15-11-2-3-16(6-11)7-12(19)8-17-5-10(13)4-14-17/h4-5,11-12,19H,2-3,6-8,13H2,1H3,(H,15,18). The van der Waals surface area contributed by atoms with Crippen molar-refractivity contribution in [3.05, 3.63) is 12.4 Å². The van der Waals surface area contributed by atoms with Crippen molar-refractivity contribution >= 4 is 11.6 Å². The first kappa shape index (κ1) is 13.8. The maximum atomic E-state index is 11.0. The van der Waals surface area contributed by atoms with Gasteiger partial charge in [0.15, 0.2) is 0 Å². The van der Waals surface area contributed by atoms with E-state index in [1.54, 1.807) is 17.1 Å². The molecule has 1 aliphatic heterocycles. The van der Waals surface area contributed by atoms with Crippen LogP contribution in [0.2, 0.25) is 0 Å². The summed E-state index contributed by atoms with van der Waals surface area (Å²) in [5.41, 5.74) is 6.16. The van der Waals surface area contributed by atoms with Crippen LogP contribution in [0, 0.1) is 0 Å². The lowest BCUT2D eigenvalue weighted by Gasteiger charge is -2.20. The third kappa shape index (κ3) is 4.22. The van der Waals surface area contributed by atoms with Crippen LogP contribution in [-0.4, -0.2) is 57.5 Å². The zero-order valence-electron chi connectivity index (χ0n) is 11.1. The van der Waals surface area contributed by atoms with E-state index in [1.807, 2.05) is 0 Å². The van der Waals surface area contributed by atoms with E-state index in [4.69, 9.17) is 5.73 Å². The number of rotatable bonds is 5. The van der Waals surface area contributed by atoms with Crippen LogP contribution < -0.4 is 11.1 Å². The molecule has 1 fully saturated rings. The van der Waals surface area contributed by atoms with Gasteiger partial charge in [0, 0.05) is 38.8 Å². The number of amides is 1. The molecule has 19 heavy (non-hydrogen) atoms. The summed E-state index contributed by atoms with van der Waals surface area (Å²) in [5.74, 6) is -0.000542. The number of anilines is 1. The number of aliphatic hydroxyl groups is 1. The van der Waals surface area contributed by atoms with Crippen molar-refractivity contribution < 1.29 is 9.90 Å². The predicted octanol–water partition coefficient (Wildman–Crippen LogP) is -0.963. The summed E-state index contributed by atoms with van der Waals surface area (Å²) < 4.78 is 1.64. The summed E-state index contributed by atoms with van der Waals surface area (Å²) >= 11 is 0. The van der Waals surface area contributed by atoms with Crippen LogP contribution in [0.3, 0.4) is 0 Å². The molecule has 2 unspecified atom stereocenters. The summed E-state index contributed by atoms with van der Waals surface area (Å²) in [6.45, 7) is 4.22. The van der Waals surface area contributed by atoms with Crippen LogP contribution in [0.1, 0.15) is 13.3 Å². The molecular weight excluding hydrogens is 246 g/mol. The number of hydrogen-bond donors (Lipinski definition) is 3. The van der Waals surface area contributed by atoms with Crippen LogP contribution in [0.5, 0.6) is 0 Å². The highest BCUT2D eigenvalue weighted by atomic mass is 16.3. The number of aromatic nitrogens is 2. The molecule has 1 aromatic rings. The first-order valence-corrected chi connectivity index (χ1v) is 6.48. The van der Waals surface area contributed by atoms with Crippen molar-refractivity contribution in [2.75, 3.05) is 25.4 Å². The maximum Gasteiger partial charge on any atom is 0.217 e. The average Bonchev–Trinajstić information content (AvgIpc) is 2.88. The molecule has 0 aromatic carbocycles. The third-order valence-corrected chi connectivity index (χ3v) is 3.20. The first-order chi connectivity index (χ1) is 9.02. The van der Waals surface area contributed by atoms with Crippen molar-refractivity contribution in [1.82, 2.24) is 20.0 Å². The molecule has 1 aliphatic rings. The van der Waals surface area contributed by atoms with Gasteiger partial charge >= 0.3 is 0 Å². The van der Waals surface area contributed by atoms with E-state index in [-0.39, 0.29) is 11.9 Å². The second-order valence-corrected chi connectivity index (χ2v) is 5.10. The van der Waals surface area contributed by atoms with Crippen molar-refractivity contribution in [3.63, 3.8) is 0 Å². The first-order valence-electron chi connectivity index (χ1n) is 6.48. The van der Waals surface area contributed by atoms with Gasteiger partial charge in [-0.2, -0.15) is 5.10 Å². The average molecular weight is 267 g/mol. The molecule has 4 N–H and O–H groups in total. The number of β-amino-alcohol motifs (C(OH)–C–C–N with tert-alkyl or cyclic N) is 1. The van der Waals surface area contributed by atoms with Crippen LogP contribution in [0.4, 0.5) is 5.69 Å². The molecule has 106 valence electrons. The van der Waals surface area contributed by atoms with Gasteiger partial charge in [-0.1, -0.05) is 0 Å². The number of likely N-dealkylation sites (tertiary alicyclic amines) is 1. The summed E-state index contributed by atoms with van der Waals surface area (Å²) in [6, 6.07) is 0.199. The highest BCUT2D eigenvalue weighted by molar-refractivity contribution is 5.73. The summed E-state index contributed by atoms with van der Waals surface area (Å²) in [5, 5.41) is 17.0. The van der Waals surface area contributed by atoms with Gasteiger partial charge in [0.25, 0.3) is 0 Å². The second kappa shape index (κ2) is 6.03. The van der Waals surface area contributed by atoms with Crippen molar-refractivity contribution in [2.45, 2.75) is 32.0 Å². The molecule has 7 heteroatoms. The smallest absolute Gasteiger partial charge is 0.217 e. The molecule has 1 aromatic heterocycles. The van der Waals surface area contributed by atoms with Gasteiger partial charge in [0.05, 0.1) is 24.5 Å². The molecule has 1 amide bonds. The minimum atomic E-state index is -0.490. The molecule has 7 nitrogen and oxygen atoms in total. The molecule has 0 saturated carbocycles. The normalized spacial score (nSPS) is 21.5. The monoisotopic (exact) mass is 267 g/mol. The number of nitrogens with one attached hydrogen (secondary N) is 1. The van der Waals surface area contributed by atoms with E-state index in [2.05, 4.69) is 15.3 Å². The molecule has 2 atom stereocenters. The van der Waals surface area contributed by atoms with Gasteiger partial charge in [0.1, 0.15) is 0 Å². The van der Waals surface area contributed by atoms with Gasteiger partial charge in [0.2, 0.25) is 5.91 Å². The Balaban J connectivity index is 1.74. The number of nitrogens with zero attached hydrogens (tertiary/aromatic N) is 3. The third-order valence-electron chi connectivity index (χ3n) is 3.20. The molecule has 2 heterocycles. The number of carbonyl (C=O) groups is 1. The number of carbonyl (C=O) groups excluding carboxylic acids is 1. The molecule has 0 bridgehead atoms. The fraction of sp³-hybridized carbons (Fsp3) is 0.667. The molecular formula is C12H21N5O2. The highest BCUT2D eigenvalue weighted by Crippen LogP contribution is 2.10. The van der Waals surface area contributed by atoms with Crippen LogP contribution in [0.25, 0.3) is 0 Å². The minimum absolute atomic E-state index is 0.000542. The molecule has 2 rings (SSSR count). The van der Waals surface area contributed by atoms with E-state index >= 15 is 0 Å². The zero-order chi connectivity index (χ0) is 13.8. The molecule has 1 saturated heterocycles. The molecule has 0 aliphatic carbocycles.